The molecule has 0 radical (unpaired) electrons. The van der Waals surface area contributed by atoms with Crippen LogP contribution in [0.1, 0.15) is 31.0 Å². The summed E-state index contributed by atoms with van der Waals surface area (Å²) in [5.74, 6) is -0.460. The molecule has 0 fully saturated rings. The topological polar surface area (TPSA) is 58.6 Å². The average molecular weight is 385 g/mol. The number of benzene rings is 2. The van der Waals surface area contributed by atoms with Crippen molar-refractivity contribution in [2.75, 3.05) is 6.61 Å². The highest BCUT2D eigenvalue weighted by Gasteiger charge is 2.37. The van der Waals surface area contributed by atoms with Crippen LogP contribution in [0.5, 0.6) is 0 Å². The number of esters is 1. The Morgan fingerprint density at radius 1 is 1.15 bits per heavy atom. The Kier molecular flexibility index (Phi) is 5.81. The van der Waals surface area contributed by atoms with Crippen LogP contribution in [0.2, 0.25) is 5.02 Å². The van der Waals surface area contributed by atoms with Gasteiger partial charge in [-0.15, -0.1) is 0 Å². The monoisotopic (exact) mass is 384 g/mol. The Bertz CT molecular complexity index is 880. The number of amides is 2. The number of carbonyl (C=O) groups is 2. The van der Waals surface area contributed by atoms with E-state index in [1.54, 1.807) is 36.9 Å². The van der Waals surface area contributed by atoms with Crippen LogP contribution in [0.15, 0.2) is 65.9 Å². The van der Waals surface area contributed by atoms with Gasteiger partial charge in [0.05, 0.1) is 24.8 Å². The fourth-order valence-electron chi connectivity index (χ4n) is 3.15. The summed E-state index contributed by atoms with van der Waals surface area (Å²) in [7, 11) is 0. The third-order valence-electron chi connectivity index (χ3n) is 4.49. The van der Waals surface area contributed by atoms with E-state index in [4.69, 9.17) is 16.3 Å². The van der Waals surface area contributed by atoms with Gasteiger partial charge in [-0.2, -0.15) is 0 Å². The molecule has 0 saturated carbocycles. The van der Waals surface area contributed by atoms with Crippen LogP contribution in [0.25, 0.3) is 0 Å². The van der Waals surface area contributed by atoms with Gasteiger partial charge in [-0.1, -0.05) is 60.1 Å². The summed E-state index contributed by atoms with van der Waals surface area (Å²) in [5.41, 5.74) is 2.58. The van der Waals surface area contributed by atoms with E-state index in [1.165, 1.54) is 0 Å². The van der Waals surface area contributed by atoms with Crippen LogP contribution in [0.4, 0.5) is 4.79 Å². The highest BCUT2D eigenvalue weighted by molar-refractivity contribution is 6.31. The molecular weight excluding hydrogens is 364 g/mol. The second-order valence-electron chi connectivity index (χ2n) is 6.20. The molecular formula is C21H21ClN2O3. The van der Waals surface area contributed by atoms with Crippen LogP contribution in [0.3, 0.4) is 0 Å². The maximum atomic E-state index is 12.8. The van der Waals surface area contributed by atoms with E-state index >= 15 is 0 Å². The Labute approximate surface area is 163 Å². The van der Waals surface area contributed by atoms with Gasteiger partial charge < -0.3 is 10.1 Å². The molecule has 6 heteroatoms. The summed E-state index contributed by atoms with van der Waals surface area (Å²) < 4.78 is 5.26. The molecule has 5 nitrogen and oxygen atoms in total. The minimum absolute atomic E-state index is 0.248. The van der Waals surface area contributed by atoms with Crippen molar-refractivity contribution >= 4 is 23.6 Å². The molecule has 1 unspecified atom stereocenters. The van der Waals surface area contributed by atoms with Crippen molar-refractivity contribution in [3.8, 4) is 0 Å². The largest absolute Gasteiger partial charge is 0.463 e. The second-order valence-corrected chi connectivity index (χ2v) is 6.60. The number of halogens is 1. The van der Waals surface area contributed by atoms with E-state index in [9.17, 15) is 9.59 Å². The lowest BCUT2D eigenvalue weighted by molar-refractivity contribution is -0.139. The molecule has 1 aliphatic heterocycles. The fraction of sp³-hybridized carbons (Fsp3) is 0.238. The molecule has 140 valence electrons. The molecule has 1 N–H and O–H groups in total. The average Bonchev–Trinajstić information content (AvgIpc) is 2.66. The molecule has 1 aliphatic rings. The lowest BCUT2D eigenvalue weighted by Gasteiger charge is -2.35. The highest BCUT2D eigenvalue weighted by atomic mass is 35.5. The molecule has 2 aromatic carbocycles. The summed E-state index contributed by atoms with van der Waals surface area (Å²) in [6.07, 6.45) is 0. The number of nitrogens with one attached hydrogen (secondary N) is 1. The SMILES string of the molecule is CCOC(=O)C1=C(C)N(Cc2ccccc2)C(=O)NC1c1ccccc1Cl. The number of nitrogens with zero attached hydrogens (tertiary/aromatic N) is 1. The van der Waals surface area contributed by atoms with Crippen molar-refractivity contribution in [2.45, 2.75) is 26.4 Å². The van der Waals surface area contributed by atoms with E-state index in [0.29, 0.717) is 28.4 Å². The predicted molar refractivity (Wildman–Crippen MR) is 104 cm³/mol. The summed E-state index contributed by atoms with van der Waals surface area (Å²) in [6, 6.07) is 15.8. The minimum atomic E-state index is -0.655. The maximum Gasteiger partial charge on any atom is 0.338 e. The Morgan fingerprint density at radius 3 is 2.48 bits per heavy atom. The van der Waals surface area contributed by atoms with Gasteiger partial charge in [0.1, 0.15) is 0 Å². The zero-order valence-corrected chi connectivity index (χ0v) is 16.0. The normalized spacial score (nSPS) is 16.9. The first-order valence-corrected chi connectivity index (χ1v) is 9.15. The van der Waals surface area contributed by atoms with Crippen LogP contribution < -0.4 is 5.32 Å². The van der Waals surface area contributed by atoms with E-state index in [0.717, 1.165) is 5.56 Å². The minimum Gasteiger partial charge on any atom is -0.463 e. The van der Waals surface area contributed by atoms with Gasteiger partial charge in [-0.05, 0) is 31.0 Å². The molecule has 2 amide bonds. The molecule has 2 aromatic rings. The first-order chi connectivity index (χ1) is 13.0. The summed E-state index contributed by atoms with van der Waals surface area (Å²) in [6.45, 7) is 4.12. The van der Waals surface area contributed by atoms with E-state index in [-0.39, 0.29) is 12.6 Å². The highest BCUT2D eigenvalue weighted by Crippen LogP contribution is 2.35. The van der Waals surface area contributed by atoms with Gasteiger partial charge in [0.15, 0.2) is 0 Å². The Balaban J connectivity index is 2.05. The Morgan fingerprint density at radius 2 is 1.81 bits per heavy atom. The van der Waals surface area contributed by atoms with Crippen molar-refractivity contribution in [1.82, 2.24) is 10.2 Å². The van der Waals surface area contributed by atoms with Crippen LogP contribution in [-0.2, 0) is 16.1 Å². The van der Waals surface area contributed by atoms with Crippen LogP contribution in [-0.4, -0.2) is 23.5 Å². The van der Waals surface area contributed by atoms with E-state index < -0.39 is 12.0 Å². The maximum absolute atomic E-state index is 12.8. The summed E-state index contributed by atoms with van der Waals surface area (Å²) >= 11 is 6.33. The lowest BCUT2D eigenvalue weighted by atomic mass is 9.94. The molecule has 0 saturated heterocycles. The molecule has 0 aliphatic carbocycles. The molecule has 0 spiro atoms. The summed E-state index contributed by atoms with van der Waals surface area (Å²) in [5, 5.41) is 3.39. The Hall–Kier alpha value is -2.79. The number of rotatable bonds is 5. The number of ether oxygens (including phenoxy) is 1. The van der Waals surface area contributed by atoms with Crippen molar-refractivity contribution < 1.29 is 14.3 Å². The van der Waals surface area contributed by atoms with Gasteiger partial charge in [0.25, 0.3) is 0 Å². The van der Waals surface area contributed by atoms with Crippen LogP contribution in [0, 0.1) is 0 Å². The van der Waals surface area contributed by atoms with Crippen molar-refractivity contribution in [3.05, 3.63) is 82.0 Å². The van der Waals surface area contributed by atoms with E-state index in [1.807, 2.05) is 36.4 Å². The second kappa shape index (κ2) is 8.27. The zero-order valence-electron chi connectivity index (χ0n) is 15.2. The van der Waals surface area contributed by atoms with Gasteiger partial charge in [-0.25, -0.2) is 9.59 Å². The van der Waals surface area contributed by atoms with Crippen molar-refractivity contribution in [1.29, 1.82) is 0 Å². The molecule has 1 heterocycles. The molecule has 0 bridgehead atoms. The van der Waals surface area contributed by atoms with E-state index in [2.05, 4.69) is 5.32 Å². The number of urea groups is 1. The number of hydrogen-bond acceptors (Lipinski definition) is 3. The number of hydrogen-bond donors (Lipinski definition) is 1. The summed E-state index contributed by atoms with van der Waals surface area (Å²) in [4.78, 5) is 27.1. The van der Waals surface area contributed by atoms with Gasteiger partial charge in [0.2, 0.25) is 0 Å². The molecule has 1 atom stereocenters. The zero-order chi connectivity index (χ0) is 19.4. The third-order valence-corrected chi connectivity index (χ3v) is 4.84. The number of allylic oxidation sites excluding steroid dienone is 1. The lowest BCUT2D eigenvalue weighted by Crippen LogP contribution is -2.47. The van der Waals surface area contributed by atoms with Gasteiger partial charge >= 0.3 is 12.0 Å². The molecule has 3 rings (SSSR count). The first kappa shape index (κ1) is 19.0. The smallest absolute Gasteiger partial charge is 0.338 e. The third kappa shape index (κ3) is 3.98. The fourth-order valence-corrected chi connectivity index (χ4v) is 3.40. The van der Waals surface area contributed by atoms with Crippen LogP contribution >= 0.6 is 11.6 Å². The van der Waals surface area contributed by atoms with Gasteiger partial charge in [-0.3, -0.25) is 4.90 Å². The predicted octanol–water partition coefficient (Wildman–Crippen LogP) is 4.44. The van der Waals surface area contributed by atoms with Gasteiger partial charge in [0, 0.05) is 10.7 Å². The van der Waals surface area contributed by atoms with Crippen molar-refractivity contribution in [2.24, 2.45) is 0 Å². The standard InChI is InChI=1S/C21H21ClN2O3/c1-3-27-20(25)18-14(2)24(13-15-9-5-4-6-10-15)21(26)23-19(18)16-11-7-8-12-17(16)22/h4-12,19H,3,13H2,1-2H3,(H,23,26). The number of carbonyl (C=O) groups excluding carboxylic acids is 2. The first-order valence-electron chi connectivity index (χ1n) is 8.77. The molecule has 27 heavy (non-hydrogen) atoms. The van der Waals surface area contributed by atoms with Crippen molar-refractivity contribution in [3.63, 3.8) is 0 Å². The quantitative estimate of drug-likeness (QED) is 0.775. The molecule has 0 aromatic heterocycles.